The van der Waals surface area contributed by atoms with Crippen LogP contribution >= 0.6 is 0 Å². The van der Waals surface area contributed by atoms with Crippen LogP contribution < -0.4 is 0 Å². The lowest BCUT2D eigenvalue weighted by Crippen LogP contribution is -1.97. The van der Waals surface area contributed by atoms with Crippen molar-refractivity contribution < 1.29 is 0 Å². The van der Waals surface area contributed by atoms with E-state index in [2.05, 4.69) is 209 Å². The standard InChI is InChI=1S/C56H36N4/c1-3-13-39(14-4-1)55-49-19-7-10-20-50(49)57-56(58-55)40-27-31-44(32-28-40)60-52-22-12-9-18-46(52)48-34-30-42(36-54(48)60)38-25-23-37(24-26-38)41-29-33-47-45-17-8-11-21-51(45)59(53(47)35-41)43-15-5-2-6-16-43/h1-36H. The van der Waals surface area contributed by atoms with Gasteiger partial charge in [-0.3, -0.25) is 0 Å². The molecule has 0 aliphatic rings. The third kappa shape index (κ3) is 5.53. The number of hydrogen-bond donors (Lipinski definition) is 0. The molecule has 0 fully saturated rings. The van der Waals surface area contributed by atoms with E-state index < -0.39 is 0 Å². The first kappa shape index (κ1) is 34.0. The van der Waals surface area contributed by atoms with Crippen LogP contribution in [0.15, 0.2) is 218 Å². The SMILES string of the molecule is c1ccc(-c2nc(-c3ccc(-n4c5ccccc5c5ccc(-c6ccc(-c7ccc8c9ccccc9n(-c9ccccc9)c8c7)cc6)cc54)cc3)nc3ccccc23)cc1. The number of nitrogens with zero attached hydrogens (tertiary/aromatic N) is 4. The van der Waals surface area contributed by atoms with Gasteiger partial charge in [0.25, 0.3) is 0 Å². The predicted octanol–water partition coefficient (Wildman–Crippen LogP) is 14.5. The van der Waals surface area contributed by atoms with E-state index in [1.165, 1.54) is 60.3 Å². The van der Waals surface area contributed by atoms with Crippen LogP contribution in [0.5, 0.6) is 0 Å². The maximum Gasteiger partial charge on any atom is 0.160 e. The molecule has 3 aromatic heterocycles. The molecule has 0 atom stereocenters. The van der Waals surface area contributed by atoms with E-state index in [-0.39, 0.29) is 0 Å². The van der Waals surface area contributed by atoms with E-state index in [4.69, 9.17) is 9.97 Å². The second-order valence-electron chi connectivity index (χ2n) is 15.4. The second kappa shape index (κ2) is 13.8. The van der Waals surface area contributed by atoms with Gasteiger partial charge in [0.15, 0.2) is 5.82 Å². The van der Waals surface area contributed by atoms with Crippen LogP contribution in [0, 0.1) is 0 Å². The molecular weight excluding hydrogens is 729 g/mol. The summed E-state index contributed by atoms with van der Waals surface area (Å²) in [6.45, 7) is 0. The number of aromatic nitrogens is 4. The molecule has 12 aromatic rings. The fraction of sp³-hybridized carbons (Fsp3) is 0. The molecule has 0 spiro atoms. The van der Waals surface area contributed by atoms with Gasteiger partial charge in [0, 0.05) is 49.4 Å². The van der Waals surface area contributed by atoms with Gasteiger partial charge in [-0.25, -0.2) is 9.97 Å². The molecule has 12 rings (SSSR count). The summed E-state index contributed by atoms with van der Waals surface area (Å²) in [6.07, 6.45) is 0. The van der Waals surface area contributed by atoms with Crippen molar-refractivity contribution in [2.24, 2.45) is 0 Å². The van der Waals surface area contributed by atoms with Crippen molar-refractivity contribution in [1.29, 1.82) is 0 Å². The Morgan fingerprint density at radius 2 is 0.700 bits per heavy atom. The third-order valence-electron chi connectivity index (χ3n) is 11.9. The van der Waals surface area contributed by atoms with Crippen LogP contribution in [0.25, 0.3) is 111 Å². The first-order valence-electron chi connectivity index (χ1n) is 20.4. The highest BCUT2D eigenvalue weighted by molar-refractivity contribution is 6.11. The molecule has 60 heavy (non-hydrogen) atoms. The fourth-order valence-corrected chi connectivity index (χ4v) is 9.07. The normalized spacial score (nSPS) is 11.7. The number of fused-ring (bicyclic) bond motifs is 7. The molecule has 0 saturated carbocycles. The zero-order chi connectivity index (χ0) is 39.6. The average Bonchev–Trinajstić information content (AvgIpc) is 3.84. The second-order valence-corrected chi connectivity index (χ2v) is 15.4. The molecule has 0 aliphatic heterocycles. The van der Waals surface area contributed by atoms with Gasteiger partial charge in [-0.1, -0.05) is 152 Å². The Morgan fingerprint density at radius 3 is 1.28 bits per heavy atom. The lowest BCUT2D eigenvalue weighted by molar-refractivity contribution is 1.17. The smallest absolute Gasteiger partial charge is 0.160 e. The quantitative estimate of drug-likeness (QED) is 0.169. The van der Waals surface area contributed by atoms with Crippen LogP contribution in [0.3, 0.4) is 0 Å². The number of rotatable bonds is 6. The van der Waals surface area contributed by atoms with Gasteiger partial charge in [-0.05, 0) is 89.0 Å². The summed E-state index contributed by atoms with van der Waals surface area (Å²) in [6, 6.07) is 78.0. The van der Waals surface area contributed by atoms with Crippen molar-refractivity contribution >= 4 is 54.5 Å². The van der Waals surface area contributed by atoms with E-state index in [9.17, 15) is 0 Å². The molecule has 3 heterocycles. The van der Waals surface area contributed by atoms with E-state index >= 15 is 0 Å². The van der Waals surface area contributed by atoms with E-state index in [0.717, 1.165) is 44.6 Å². The van der Waals surface area contributed by atoms with E-state index in [1.807, 2.05) is 18.2 Å². The summed E-state index contributed by atoms with van der Waals surface area (Å²) in [5.74, 6) is 0.713. The van der Waals surface area contributed by atoms with Crippen LogP contribution in [0.4, 0.5) is 0 Å². The summed E-state index contributed by atoms with van der Waals surface area (Å²) < 4.78 is 4.76. The molecule has 0 saturated heterocycles. The molecule has 0 bridgehead atoms. The minimum atomic E-state index is 0.713. The molecule has 0 amide bonds. The Morgan fingerprint density at radius 1 is 0.267 bits per heavy atom. The van der Waals surface area contributed by atoms with Gasteiger partial charge in [-0.2, -0.15) is 0 Å². The van der Waals surface area contributed by atoms with Gasteiger partial charge in [-0.15, -0.1) is 0 Å². The van der Waals surface area contributed by atoms with E-state index in [0.29, 0.717) is 5.82 Å². The summed E-state index contributed by atoms with van der Waals surface area (Å²) in [5, 5.41) is 6.02. The van der Waals surface area contributed by atoms with Gasteiger partial charge < -0.3 is 9.13 Å². The summed E-state index contributed by atoms with van der Waals surface area (Å²) >= 11 is 0. The first-order chi connectivity index (χ1) is 29.7. The largest absolute Gasteiger partial charge is 0.309 e. The Kier molecular flexibility index (Phi) is 7.82. The molecule has 4 heteroatoms. The topological polar surface area (TPSA) is 35.6 Å². The van der Waals surface area contributed by atoms with Crippen LogP contribution in [0.1, 0.15) is 0 Å². The predicted molar refractivity (Wildman–Crippen MR) is 250 cm³/mol. The molecule has 4 nitrogen and oxygen atoms in total. The fourth-order valence-electron chi connectivity index (χ4n) is 9.07. The number of hydrogen-bond acceptors (Lipinski definition) is 2. The lowest BCUT2D eigenvalue weighted by Gasteiger charge is -2.12. The van der Waals surface area contributed by atoms with Crippen LogP contribution in [-0.4, -0.2) is 19.1 Å². The maximum atomic E-state index is 5.12. The monoisotopic (exact) mass is 764 g/mol. The Labute approximate surface area is 346 Å². The summed E-state index contributed by atoms with van der Waals surface area (Å²) in [5.41, 5.74) is 15.7. The van der Waals surface area contributed by atoms with Crippen molar-refractivity contribution in [2.45, 2.75) is 0 Å². The van der Waals surface area contributed by atoms with Gasteiger partial charge in [0.05, 0.1) is 33.3 Å². The molecule has 9 aromatic carbocycles. The minimum Gasteiger partial charge on any atom is -0.309 e. The summed E-state index contributed by atoms with van der Waals surface area (Å²) in [4.78, 5) is 10.1. The Bertz CT molecular complexity index is 3560. The Balaban J connectivity index is 0.919. The van der Waals surface area contributed by atoms with E-state index in [1.54, 1.807) is 0 Å². The van der Waals surface area contributed by atoms with Gasteiger partial charge in [0.1, 0.15) is 0 Å². The molecule has 0 unspecified atom stereocenters. The van der Waals surface area contributed by atoms with Crippen LogP contribution in [0.2, 0.25) is 0 Å². The van der Waals surface area contributed by atoms with Crippen LogP contribution in [-0.2, 0) is 0 Å². The Hall–Kier alpha value is -8.08. The van der Waals surface area contributed by atoms with Crippen molar-refractivity contribution in [3.8, 4) is 56.3 Å². The van der Waals surface area contributed by atoms with Gasteiger partial charge >= 0.3 is 0 Å². The third-order valence-corrected chi connectivity index (χ3v) is 11.9. The highest BCUT2D eigenvalue weighted by Gasteiger charge is 2.17. The molecule has 0 N–H and O–H groups in total. The lowest BCUT2D eigenvalue weighted by atomic mass is 9.98. The highest BCUT2D eigenvalue weighted by atomic mass is 15.0. The highest BCUT2D eigenvalue weighted by Crippen LogP contribution is 2.38. The molecule has 0 radical (unpaired) electrons. The van der Waals surface area contributed by atoms with Crippen molar-refractivity contribution in [3.05, 3.63) is 218 Å². The summed E-state index contributed by atoms with van der Waals surface area (Å²) in [7, 11) is 0. The van der Waals surface area contributed by atoms with Crippen molar-refractivity contribution in [2.75, 3.05) is 0 Å². The average molecular weight is 765 g/mol. The molecular formula is C56H36N4. The van der Waals surface area contributed by atoms with Crippen molar-refractivity contribution in [1.82, 2.24) is 19.1 Å². The van der Waals surface area contributed by atoms with Crippen molar-refractivity contribution in [3.63, 3.8) is 0 Å². The maximum absolute atomic E-state index is 5.12. The molecule has 280 valence electrons. The zero-order valence-corrected chi connectivity index (χ0v) is 32.6. The zero-order valence-electron chi connectivity index (χ0n) is 32.6. The number of benzene rings is 9. The van der Waals surface area contributed by atoms with Gasteiger partial charge in [0.2, 0.25) is 0 Å². The minimum absolute atomic E-state index is 0.713. The number of para-hydroxylation sites is 4. The first-order valence-corrected chi connectivity index (χ1v) is 20.4. The molecule has 0 aliphatic carbocycles.